The van der Waals surface area contributed by atoms with Crippen LogP contribution in [0.2, 0.25) is 0 Å². The van der Waals surface area contributed by atoms with Crippen LogP contribution >= 0.6 is 0 Å². The smallest absolute Gasteiger partial charge is 0.141 e. The molecule has 1 aromatic rings. The fourth-order valence-corrected chi connectivity index (χ4v) is 2.88. The lowest BCUT2D eigenvalue weighted by atomic mass is 10.1. The molecule has 1 unspecified atom stereocenters. The Kier molecular flexibility index (Phi) is 6.54. The first-order valence-electron chi connectivity index (χ1n) is 7.85. The molecule has 1 saturated heterocycles. The molecule has 118 valence electrons. The molecular weight excluding hydrogens is 269 g/mol. The number of rotatable bonds is 7. The van der Waals surface area contributed by atoms with E-state index in [-0.39, 0.29) is 11.9 Å². The third kappa shape index (κ3) is 5.02. The molecule has 0 amide bonds. The Hall–Kier alpha value is -1.04. The van der Waals surface area contributed by atoms with E-state index < -0.39 is 0 Å². The lowest BCUT2D eigenvalue weighted by Crippen LogP contribution is -2.38. The van der Waals surface area contributed by atoms with Crippen LogP contribution in [0.15, 0.2) is 18.3 Å². The zero-order valence-corrected chi connectivity index (χ0v) is 13.0. The Morgan fingerprint density at radius 2 is 2.19 bits per heavy atom. The van der Waals surface area contributed by atoms with Gasteiger partial charge >= 0.3 is 0 Å². The van der Waals surface area contributed by atoms with E-state index in [1.807, 2.05) is 7.05 Å². The van der Waals surface area contributed by atoms with Crippen molar-refractivity contribution in [2.75, 3.05) is 33.3 Å². The van der Waals surface area contributed by atoms with Gasteiger partial charge in [-0.2, -0.15) is 0 Å². The highest BCUT2D eigenvalue weighted by molar-refractivity contribution is 5.09. The monoisotopic (exact) mass is 295 g/mol. The number of likely N-dealkylation sites (tertiary alicyclic amines) is 1. The molecule has 0 saturated carbocycles. The minimum Gasteiger partial charge on any atom is -0.378 e. The number of hydrogen-bond acceptors (Lipinski definition) is 4. The average Bonchev–Trinajstić information content (AvgIpc) is 2.51. The third-order valence-electron chi connectivity index (χ3n) is 4.13. The third-order valence-corrected chi connectivity index (χ3v) is 4.13. The zero-order valence-electron chi connectivity index (χ0n) is 13.0. The van der Waals surface area contributed by atoms with Crippen molar-refractivity contribution in [1.82, 2.24) is 15.2 Å². The second-order valence-corrected chi connectivity index (χ2v) is 5.53. The van der Waals surface area contributed by atoms with Gasteiger partial charge in [0.25, 0.3) is 0 Å². The van der Waals surface area contributed by atoms with Gasteiger partial charge in [-0.25, -0.2) is 4.39 Å². The van der Waals surface area contributed by atoms with Gasteiger partial charge in [-0.15, -0.1) is 0 Å². The quantitative estimate of drug-likeness (QED) is 0.838. The highest BCUT2D eigenvalue weighted by atomic mass is 19.1. The first kappa shape index (κ1) is 16.3. The van der Waals surface area contributed by atoms with Gasteiger partial charge in [0.15, 0.2) is 0 Å². The Morgan fingerprint density at radius 3 is 2.76 bits per heavy atom. The number of pyridine rings is 1. The molecule has 0 bridgehead atoms. The first-order chi connectivity index (χ1) is 10.2. The molecule has 2 rings (SSSR count). The number of aromatic nitrogens is 1. The summed E-state index contributed by atoms with van der Waals surface area (Å²) in [5.74, 6) is -0.286. The molecule has 0 aliphatic carbocycles. The van der Waals surface area contributed by atoms with Crippen molar-refractivity contribution in [3.63, 3.8) is 0 Å². The molecule has 21 heavy (non-hydrogen) atoms. The largest absolute Gasteiger partial charge is 0.378 e. The van der Waals surface area contributed by atoms with Crippen molar-refractivity contribution in [3.05, 3.63) is 29.8 Å². The summed E-state index contributed by atoms with van der Waals surface area (Å²) in [5.41, 5.74) is 0.906. The standard InChI is InChI=1S/C16H26FN3O/c1-3-21-14-6-9-20(10-7-14)11-8-15(18-2)16-5-4-13(17)12-19-16/h4-5,12,14-15,18H,3,6-11H2,1-2H3. The molecule has 0 radical (unpaired) electrons. The lowest BCUT2D eigenvalue weighted by molar-refractivity contribution is 0.0136. The summed E-state index contributed by atoms with van der Waals surface area (Å²) < 4.78 is 18.6. The Balaban J connectivity index is 1.77. The van der Waals surface area contributed by atoms with Crippen molar-refractivity contribution in [1.29, 1.82) is 0 Å². The fraction of sp³-hybridized carbons (Fsp3) is 0.688. The number of halogens is 1. The number of hydrogen-bond donors (Lipinski definition) is 1. The highest BCUT2D eigenvalue weighted by Crippen LogP contribution is 2.18. The Bertz CT molecular complexity index is 404. The Labute approximate surface area is 126 Å². The van der Waals surface area contributed by atoms with Crippen LogP contribution in [0.25, 0.3) is 0 Å². The van der Waals surface area contributed by atoms with E-state index in [4.69, 9.17) is 4.74 Å². The molecule has 0 aromatic carbocycles. The van der Waals surface area contributed by atoms with E-state index in [1.54, 1.807) is 6.07 Å². The minimum absolute atomic E-state index is 0.176. The maximum atomic E-state index is 12.9. The SMILES string of the molecule is CCOC1CCN(CCC(NC)c2ccc(F)cn2)CC1. The molecule has 1 aliphatic heterocycles. The predicted octanol–water partition coefficient (Wildman–Crippen LogP) is 2.37. The van der Waals surface area contributed by atoms with Crippen molar-refractivity contribution in [2.45, 2.75) is 38.3 Å². The van der Waals surface area contributed by atoms with Crippen LogP contribution in [0.1, 0.15) is 37.9 Å². The van der Waals surface area contributed by atoms with Crippen LogP contribution in [0.3, 0.4) is 0 Å². The molecule has 0 spiro atoms. The molecule has 4 nitrogen and oxygen atoms in total. The van der Waals surface area contributed by atoms with Gasteiger partial charge in [0.1, 0.15) is 5.82 Å². The molecule has 5 heteroatoms. The van der Waals surface area contributed by atoms with E-state index in [0.717, 1.165) is 51.2 Å². The van der Waals surface area contributed by atoms with Gasteiger partial charge in [-0.1, -0.05) is 0 Å². The summed E-state index contributed by atoms with van der Waals surface area (Å²) in [7, 11) is 1.93. The second kappa shape index (κ2) is 8.41. The number of ether oxygens (including phenoxy) is 1. The summed E-state index contributed by atoms with van der Waals surface area (Å²) >= 11 is 0. The fourth-order valence-electron chi connectivity index (χ4n) is 2.88. The number of nitrogens with one attached hydrogen (secondary N) is 1. The van der Waals surface area contributed by atoms with Crippen molar-refractivity contribution in [2.24, 2.45) is 0 Å². The van der Waals surface area contributed by atoms with Gasteiger partial charge in [0, 0.05) is 26.2 Å². The number of nitrogens with zero attached hydrogens (tertiary/aromatic N) is 2. The molecule has 2 heterocycles. The summed E-state index contributed by atoms with van der Waals surface area (Å²) in [6, 6.07) is 3.41. The summed E-state index contributed by atoms with van der Waals surface area (Å²) in [6.45, 7) is 6.08. The van der Waals surface area contributed by atoms with E-state index in [0.29, 0.717) is 6.10 Å². The van der Waals surface area contributed by atoms with Crippen LogP contribution in [0.4, 0.5) is 4.39 Å². The lowest BCUT2D eigenvalue weighted by Gasteiger charge is -2.32. The van der Waals surface area contributed by atoms with Crippen molar-refractivity contribution < 1.29 is 9.13 Å². The normalized spacial score (nSPS) is 18.8. The van der Waals surface area contributed by atoms with E-state index in [2.05, 4.69) is 22.1 Å². The van der Waals surface area contributed by atoms with Gasteiger partial charge in [-0.3, -0.25) is 4.98 Å². The topological polar surface area (TPSA) is 37.4 Å². The van der Waals surface area contributed by atoms with Crippen LogP contribution in [-0.2, 0) is 4.74 Å². The minimum atomic E-state index is -0.286. The van der Waals surface area contributed by atoms with Gasteiger partial charge in [0.05, 0.1) is 24.0 Å². The molecule has 1 aromatic heterocycles. The van der Waals surface area contributed by atoms with Crippen LogP contribution in [-0.4, -0.2) is 49.3 Å². The van der Waals surface area contributed by atoms with Crippen LogP contribution in [0, 0.1) is 5.82 Å². The van der Waals surface area contributed by atoms with Gasteiger partial charge in [0.2, 0.25) is 0 Å². The maximum Gasteiger partial charge on any atom is 0.141 e. The second-order valence-electron chi connectivity index (χ2n) is 5.53. The maximum absolute atomic E-state index is 12.9. The number of piperidine rings is 1. The molecule has 1 atom stereocenters. The van der Waals surface area contributed by atoms with Crippen LogP contribution < -0.4 is 5.32 Å². The summed E-state index contributed by atoms with van der Waals surface area (Å²) in [6.07, 6.45) is 4.94. The van der Waals surface area contributed by atoms with Crippen LogP contribution in [0.5, 0.6) is 0 Å². The Morgan fingerprint density at radius 1 is 1.43 bits per heavy atom. The molecular formula is C16H26FN3O. The highest BCUT2D eigenvalue weighted by Gasteiger charge is 2.20. The molecule has 1 fully saturated rings. The zero-order chi connectivity index (χ0) is 15.1. The van der Waals surface area contributed by atoms with E-state index in [9.17, 15) is 4.39 Å². The van der Waals surface area contributed by atoms with Gasteiger partial charge in [-0.05, 0) is 45.4 Å². The predicted molar refractivity (Wildman–Crippen MR) is 81.7 cm³/mol. The first-order valence-corrected chi connectivity index (χ1v) is 7.85. The van der Waals surface area contributed by atoms with Crippen molar-refractivity contribution >= 4 is 0 Å². The van der Waals surface area contributed by atoms with E-state index >= 15 is 0 Å². The average molecular weight is 295 g/mol. The van der Waals surface area contributed by atoms with Gasteiger partial charge < -0.3 is 15.0 Å². The van der Waals surface area contributed by atoms with Crippen molar-refractivity contribution in [3.8, 4) is 0 Å². The molecule has 1 aliphatic rings. The molecule has 1 N–H and O–H groups in total. The van der Waals surface area contributed by atoms with E-state index in [1.165, 1.54) is 12.3 Å². The summed E-state index contributed by atoms with van der Waals surface area (Å²) in [4.78, 5) is 6.65. The summed E-state index contributed by atoms with van der Waals surface area (Å²) in [5, 5.41) is 3.27.